The molecule has 1 aromatic rings. The number of hydrogen-bond acceptors (Lipinski definition) is 2. The molecule has 1 aliphatic heterocycles. The number of amides is 1. The maximum Gasteiger partial charge on any atom is 0.222 e. The van der Waals surface area contributed by atoms with E-state index in [9.17, 15) is 4.79 Å². The van der Waals surface area contributed by atoms with Gasteiger partial charge in [-0.1, -0.05) is 37.3 Å². The largest absolute Gasteiger partial charge is 0.377 e. The summed E-state index contributed by atoms with van der Waals surface area (Å²) in [7, 11) is 0. The Bertz CT molecular complexity index is 377. The third-order valence-electron chi connectivity index (χ3n) is 3.33. The predicted molar refractivity (Wildman–Crippen MR) is 71.4 cm³/mol. The lowest BCUT2D eigenvalue weighted by Crippen LogP contribution is -2.49. The van der Waals surface area contributed by atoms with E-state index in [4.69, 9.17) is 4.74 Å². The summed E-state index contributed by atoms with van der Waals surface area (Å²) in [5.74, 6) is 0.265. The van der Waals surface area contributed by atoms with Crippen LogP contribution in [0, 0.1) is 0 Å². The molecular formula is C15H21NO2. The number of morpholine rings is 1. The number of nitrogens with zero attached hydrogens (tertiary/aromatic N) is 1. The van der Waals surface area contributed by atoms with Crippen LogP contribution in [0.4, 0.5) is 0 Å². The van der Waals surface area contributed by atoms with E-state index in [0.717, 1.165) is 19.4 Å². The van der Waals surface area contributed by atoms with Crippen molar-refractivity contribution in [3.05, 3.63) is 35.9 Å². The van der Waals surface area contributed by atoms with Crippen LogP contribution in [0.1, 0.15) is 25.3 Å². The lowest BCUT2D eigenvalue weighted by molar-refractivity contribution is -0.139. The molecule has 18 heavy (non-hydrogen) atoms. The van der Waals surface area contributed by atoms with Crippen LogP contribution in [0.15, 0.2) is 30.3 Å². The van der Waals surface area contributed by atoms with Crippen molar-refractivity contribution in [1.29, 1.82) is 0 Å². The van der Waals surface area contributed by atoms with Crippen LogP contribution >= 0.6 is 0 Å². The van der Waals surface area contributed by atoms with Gasteiger partial charge in [-0.3, -0.25) is 4.79 Å². The zero-order valence-electron chi connectivity index (χ0n) is 11.0. The van der Waals surface area contributed by atoms with Crippen LogP contribution in [0.5, 0.6) is 0 Å². The molecule has 1 heterocycles. The Balaban J connectivity index is 2.01. The van der Waals surface area contributed by atoms with Crippen molar-refractivity contribution in [3.63, 3.8) is 0 Å². The van der Waals surface area contributed by atoms with Gasteiger partial charge >= 0.3 is 0 Å². The highest BCUT2D eigenvalue weighted by atomic mass is 16.5. The van der Waals surface area contributed by atoms with Crippen molar-refractivity contribution in [2.24, 2.45) is 0 Å². The summed E-state index contributed by atoms with van der Waals surface area (Å²) in [4.78, 5) is 14.1. The first-order valence-electron chi connectivity index (χ1n) is 6.72. The molecule has 0 radical (unpaired) electrons. The van der Waals surface area contributed by atoms with Gasteiger partial charge in [-0.05, 0) is 18.4 Å². The summed E-state index contributed by atoms with van der Waals surface area (Å²) in [6.07, 6.45) is 2.44. The Labute approximate surface area is 109 Å². The second-order valence-electron chi connectivity index (χ2n) is 4.76. The number of carbonyl (C=O) groups excluding carboxylic acids is 1. The smallest absolute Gasteiger partial charge is 0.222 e. The van der Waals surface area contributed by atoms with Crippen LogP contribution in [-0.2, 0) is 16.0 Å². The molecule has 1 unspecified atom stereocenters. The Morgan fingerprint density at radius 1 is 1.39 bits per heavy atom. The molecule has 2 rings (SSSR count). The first-order valence-corrected chi connectivity index (χ1v) is 6.72. The zero-order chi connectivity index (χ0) is 12.8. The van der Waals surface area contributed by atoms with Gasteiger partial charge < -0.3 is 9.64 Å². The molecule has 1 saturated heterocycles. The van der Waals surface area contributed by atoms with Crippen molar-refractivity contribution in [1.82, 2.24) is 4.90 Å². The van der Waals surface area contributed by atoms with Gasteiger partial charge in [-0.2, -0.15) is 0 Å². The summed E-state index contributed by atoms with van der Waals surface area (Å²) in [5.41, 5.74) is 1.27. The average Bonchev–Trinajstić information content (AvgIpc) is 2.41. The van der Waals surface area contributed by atoms with Gasteiger partial charge in [0, 0.05) is 13.0 Å². The third-order valence-corrected chi connectivity index (χ3v) is 3.33. The summed E-state index contributed by atoms with van der Waals surface area (Å²) < 4.78 is 5.52. The summed E-state index contributed by atoms with van der Waals surface area (Å²) in [6, 6.07) is 10.5. The van der Waals surface area contributed by atoms with Gasteiger partial charge in [0.25, 0.3) is 0 Å². The van der Waals surface area contributed by atoms with Crippen LogP contribution in [-0.4, -0.2) is 36.6 Å². The molecule has 98 valence electrons. The van der Waals surface area contributed by atoms with Gasteiger partial charge in [0.2, 0.25) is 5.91 Å². The molecule has 0 aromatic heterocycles. The highest BCUT2D eigenvalue weighted by Gasteiger charge is 2.26. The minimum atomic E-state index is 0.195. The average molecular weight is 247 g/mol. The molecule has 3 nitrogen and oxygen atoms in total. The molecule has 0 spiro atoms. The van der Waals surface area contributed by atoms with E-state index in [1.807, 2.05) is 30.0 Å². The van der Waals surface area contributed by atoms with E-state index in [-0.39, 0.29) is 11.9 Å². The second kappa shape index (κ2) is 6.55. The fraction of sp³-hybridized carbons (Fsp3) is 0.533. The van der Waals surface area contributed by atoms with E-state index in [2.05, 4.69) is 12.1 Å². The SMILES string of the molecule is CCCC(=O)N1CCOCC1Cc1ccccc1. The number of benzene rings is 1. The lowest BCUT2D eigenvalue weighted by Gasteiger charge is -2.36. The van der Waals surface area contributed by atoms with E-state index in [0.29, 0.717) is 19.6 Å². The zero-order valence-corrected chi connectivity index (χ0v) is 11.0. The Hall–Kier alpha value is -1.35. The molecule has 1 amide bonds. The second-order valence-corrected chi connectivity index (χ2v) is 4.76. The molecule has 1 atom stereocenters. The molecule has 1 aromatic carbocycles. The Morgan fingerprint density at radius 2 is 2.17 bits per heavy atom. The van der Waals surface area contributed by atoms with Crippen molar-refractivity contribution in [2.75, 3.05) is 19.8 Å². The van der Waals surface area contributed by atoms with E-state index < -0.39 is 0 Å². The van der Waals surface area contributed by atoms with Gasteiger partial charge in [-0.15, -0.1) is 0 Å². The van der Waals surface area contributed by atoms with Crippen molar-refractivity contribution in [3.8, 4) is 0 Å². The molecule has 0 aliphatic carbocycles. The van der Waals surface area contributed by atoms with Gasteiger partial charge in [-0.25, -0.2) is 0 Å². The monoisotopic (exact) mass is 247 g/mol. The van der Waals surface area contributed by atoms with Crippen LogP contribution in [0.3, 0.4) is 0 Å². The van der Waals surface area contributed by atoms with Crippen LogP contribution in [0.2, 0.25) is 0 Å². The topological polar surface area (TPSA) is 29.5 Å². The molecule has 1 fully saturated rings. The number of carbonyl (C=O) groups is 1. The number of ether oxygens (including phenoxy) is 1. The van der Waals surface area contributed by atoms with Gasteiger partial charge in [0.05, 0.1) is 19.3 Å². The number of rotatable bonds is 4. The minimum Gasteiger partial charge on any atom is -0.377 e. The molecular weight excluding hydrogens is 226 g/mol. The van der Waals surface area contributed by atoms with E-state index in [1.54, 1.807) is 0 Å². The highest BCUT2D eigenvalue weighted by molar-refractivity contribution is 5.76. The molecule has 1 aliphatic rings. The summed E-state index contributed by atoms with van der Waals surface area (Å²) in [6.45, 7) is 4.10. The molecule has 0 N–H and O–H groups in total. The quantitative estimate of drug-likeness (QED) is 0.816. The number of hydrogen-bond donors (Lipinski definition) is 0. The summed E-state index contributed by atoms with van der Waals surface area (Å²) in [5, 5.41) is 0. The highest BCUT2D eigenvalue weighted by Crippen LogP contribution is 2.14. The summed E-state index contributed by atoms with van der Waals surface area (Å²) >= 11 is 0. The lowest BCUT2D eigenvalue weighted by atomic mass is 10.0. The van der Waals surface area contributed by atoms with Crippen LogP contribution in [0.25, 0.3) is 0 Å². The fourth-order valence-electron chi connectivity index (χ4n) is 2.40. The van der Waals surface area contributed by atoms with Crippen molar-refractivity contribution in [2.45, 2.75) is 32.2 Å². The molecule has 3 heteroatoms. The first-order chi connectivity index (χ1) is 8.81. The fourth-order valence-corrected chi connectivity index (χ4v) is 2.40. The first kappa shape index (κ1) is 13.1. The van der Waals surface area contributed by atoms with Gasteiger partial charge in [0.15, 0.2) is 0 Å². The van der Waals surface area contributed by atoms with E-state index in [1.165, 1.54) is 5.56 Å². The third kappa shape index (κ3) is 3.33. The molecule has 0 bridgehead atoms. The van der Waals surface area contributed by atoms with Gasteiger partial charge in [0.1, 0.15) is 0 Å². The standard InChI is InChI=1S/C15H21NO2/c1-2-6-15(17)16-9-10-18-12-14(16)11-13-7-4-3-5-8-13/h3-5,7-8,14H,2,6,9-12H2,1H3. The minimum absolute atomic E-state index is 0.195. The Morgan fingerprint density at radius 3 is 2.89 bits per heavy atom. The van der Waals surface area contributed by atoms with Crippen molar-refractivity contribution >= 4 is 5.91 Å². The predicted octanol–water partition coefficient (Wildman–Crippen LogP) is 2.26. The normalized spacial score (nSPS) is 19.8. The van der Waals surface area contributed by atoms with Crippen molar-refractivity contribution < 1.29 is 9.53 Å². The maximum absolute atomic E-state index is 12.1. The maximum atomic E-state index is 12.1. The van der Waals surface area contributed by atoms with E-state index >= 15 is 0 Å². The van der Waals surface area contributed by atoms with Crippen LogP contribution < -0.4 is 0 Å². The Kier molecular flexibility index (Phi) is 4.76. The molecule has 0 saturated carbocycles.